The molecule has 1 aromatic rings. The van der Waals surface area contributed by atoms with Crippen LogP contribution >= 0.6 is 23.4 Å². The first-order valence-corrected chi connectivity index (χ1v) is 7.05. The Hall–Kier alpha value is -0.870. The number of hydrogen-bond acceptors (Lipinski definition) is 3. The lowest BCUT2D eigenvalue weighted by Crippen LogP contribution is -2.31. The summed E-state index contributed by atoms with van der Waals surface area (Å²) in [6, 6.07) is 4.94. The molecular formula is C12H15ClN2OS. The number of thioether (sulfide) groups is 1. The summed E-state index contributed by atoms with van der Waals surface area (Å²) in [7, 11) is 0. The molecule has 1 fully saturated rings. The van der Waals surface area contributed by atoms with Gasteiger partial charge in [0, 0.05) is 16.9 Å². The van der Waals surface area contributed by atoms with Crippen LogP contribution in [0.5, 0.6) is 0 Å². The third kappa shape index (κ3) is 2.87. The van der Waals surface area contributed by atoms with Crippen molar-refractivity contribution < 1.29 is 4.79 Å². The summed E-state index contributed by atoms with van der Waals surface area (Å²) in [5.74, 6) is -0.0905. The molecule has 17 heavy (non-hydrogen) atoms. The van der Waals surface area contributed by atoms with E-state index in [1.54, 1.807) is 18.2 Å². The lowest BCUT2D eigenvalue weighted by molar-refractivity contribution is 0.0953. The van der Waals surface area contributed by atoms with Gasteiger partial charge < -0.3 is 11.1 Å². The quantitative estimate of drug-likeness (QED) is 0.827. The number of halogens is 1. The van der Waals surface area contributed by atoms with Crippen molar-refractivity contribution in [1.82, 2.24) is 5.32 Å². The maximum Gasteiger partial charge on any atom is 0.251 e. The summed E-state index contributed by atoms with van der Waals surface area (Å²) < 4.78 is 0.271. The van der Waals surface area contributed by atoms with Crippen molar-refractivity contribution in [1.29, 1.82) is 0 Å². The number of anilines is 1. The number of rotatable bonds is 4. The van der Waals surface area contributed by atoms with Gasteiger partial charge in [-0.2, -0.15) is 11.8 Å². The summed E-state index contributed by atoms with van der Waals surface area (Å²) >= 11 is 7.70. The highest BCUT2D eigenvalue weighted by atomic mass is 35.5. The Kier molecular flexibility index (Phi) is 3.54. The van der Waals surface area contributed by atoms with Gasteiger partial charge in [0.1, 0.15) is 0 Å². The number of nitrogen functional groups attached to an aromatic ring is 1. The van der Waals surface area contributed by atoms with E-state index in [0.717, 1.165) is 6.54 Å². The van der Waals surface area contributed by atoms with E-state index in [-0.39, 0.29) is 10.7 Å². The van der Waals surface area contributed by atoms with E-state index in [4.69, 9.17) is 17.3 Å². The standard InChI is InChI=1S/C12H15ClN2OS/c1-17-12(4-5-12)7-15-11(16)8-2-3-10(14)9(13)6-8/h2-3,6H,4-5,7,14H2,1H3,(H,15,16). The molecule has 1 aromatic carbocycles. The average Bonchev–Trinajstić information content (AvgIpc) is 3.10. The number of nitrogens with two attached hydrogens (primary N) is 1. The van der Waals surface area contributed by atoms with Crippen molar-refractivity contribution in [3.8, 4) is 0 Å². The Morgan fingerprint density at radius 1 is 1.59 bits per heavy atom. The molecule has 0 bridgehead atoms. The average molecular weight is 271 g/mol. The van der Waals surface area contributed by atoms with Crippen molar-refractivity contribution in [3.63, 3.8) is 0 Å². The smallest absolute Gasteiger partial charge is 0.251 e. The third-order valence-electron chi connectivity index (χ3n) is 3.07. The molecule has 5 heteroatoms. The lowest BCUT2D eigenvalue weighted by Gasteiger charge is -2.13. The maximum atomic E-state index is 11.9. The van der Waals surface area contributed by atoms with Crippen LogP contribution in [-0.4, -0.2) is 23.5 Å². The van der Waals surface area contributed by atoms with Gasteiger partial charge in [0.25, 0.3) is 5.91 Å². The molecule has 1 aliphatic rings. The molecule has 0 unspecified atom stereocenters. The van der Waals surface area contributed by atoms with Gasteiger partial charge in [-0.1, -0.05) is 11.6 Å². The number of benzene rings is 1. The van der Waals surface area contributed by atoms with Crippen LogP contribution in [0.15, 0.2) is 18.2 Å². The minimum Gasteiger partial charge on any atom is -0.398 e. The Bertz CT molecular complexity index is 446. The number of carbonyl (C=O) groups is 1. The van der Waals surface area contributed by atoms with Crippen LogP contribution < -0.4 is 11.1 Å². The zero-order chi connectivity index (χ0) is 12.5. The molecule has 3 N–H and O–H groups in total. The Balaban J connectivity index is 1.97. The largest absolute Gasteiger partial charge is 0.398 e. The van der Waals surface area contributed by atoms with Crippen LogP contribution in [0.1, 0.15) is 23.2 Å². The Morgan fingerprint density at radius 2 is 2.29 bits per heavy atom. The molecule has 0 spiro atoms. The van der Waals surface area contributed by atoms with E-state index in [1.807, 2.05) is 11.8 Å². The molecule has 1 aliphatic carbocycles. The van der Waals surface area contributed by atoms with Gasteiger partial charge in [0.15, 0.2) is 0 Å². The number of carbonyl (C=O) groups excluding carboxylic acids is 1. The van der Waals surface area contributed by atoms with E-state index in [0.29, 0.717) is 16.3 Å². The van der Waals surface area contributed by atoms with E-state index in [1.165, 1.54) is 12.8 Å². The Labute approximate surface area is 110 Å². The van der Waals surface area contributed by atoms with Crippen LogP contribution in [0, 0.1) is 0 Å². The van der Waals surface area contributed by atoms with Crippen LogP contribution in [0.4, 0.5) is 5.69 Å². The summed E-state index contributed by atoms with van der Waals surface area (Å²) in [5, 5.41) is 3.36. The highest BCUT2D eigenvalue weighted by molar-refractivity contribution is 8.00. The minimum atomic E-state index is -0.0905. The van der Waals surface area contributed by atoms with Crippen LogP contribution in [0.2, 0.25) is 5.02 Å². The SMILES string of the molecule is CSC1(CNC(=O)c2ccc(N)c(Cl)c2)CC1. The molecule has 0 aliphatic heterocycles. The van der Waals surface area contributed by atoms with Crippen molar-refractivity contribution in [3.05, 3.63) is 28.8 Å². The minimum absolute atomic E-state index is 0.0905. The molecule has 0 aromatic heterocycles. The van der Waals surface area contributed by atoms with E-state index in [2.05, 4.69) is 11.6 Å². The second-order valence-corrected chi connectivity index (χ2v) is 5.99. The Morgan fingerprint density at radius 3 is 2.82 bits per heavy atom. The summed E-state index contributed by atoms with van der Waals surface area (Å²) in [6.07, 6.45) is 4.44. The topological polar surface area (TPSA) is 55.1 Å². The fourth-order valence-electron chi connectivity index (χ4n) is 1.60. The third-order valence-corrected chi connectivity index (χ3v) is 4.82. The number of nitrogens with one attached hydrogen (secondary N) is 1. The second-order valence-electron chi connectivity index (χ2n) is 4.31. The second kappa shape index (κ2) is 4.78. The molecule has 2 rings (SSSR count). The summed E-state index contributed by atoms with van der Waals surface area (Å²) in [6.45, 7) is 0.717. The first-order chi connectivity index (χ1) is 8.06. The first-order valence-electron chi connectivity index (χ1n) is 5.45. The highest BCUT2D eigenvalue weighted by Crippen LogP contribution is 2.46. The lowest BCUT2D eigenvalue weighted by atomic mass is 10.2. The molecule has 0 saturated heterocycles. The van der Waals surface area contributed by atoms with E-state index in [9.17, 15) is 4.79 Å². The molecular weight excluding hydrogens is 256 g/mol. The molecule has 92 valence electrons. The van der Waals surface area contributed by atoms with Crippen LogP contribution in [-0.2, 0) is 0 Å². The predicted octanol–water partition coefficient (Wildman–Crippen LogP) is 2.55. The van der Waals surface area contributed by atoms with Gasteiger partial charge in [-0.25, -0.2) is 0 Å². The molecule has 1 amide bonds. The molecule has 1 saturated carbocycles. The van der Waals surface area contributed by atoms with Crippen LogP contribution in [0.25, 0.3) is 0 Å². The molecule has 3 nitrogen and oxygen atoms in total. The molecule has 0 radical (unpaired) electrons. The maximum absolute atomic E-state index is 11.9. The summed E-state index contributed by atoms with van der Waals surface area (Å²) in [4.78, 5) is 11.9. The van der Waals surface area contributed by atoms with E-state index >= 15 is 0 Å². The first kappa shape index (κ1) is 12.6. The van der Waals surface area contributed by atoms with Crippen molar-refractivity contribution in [2.45, 2.75) is 17.6 Å². The zero-order valence-corrected chi connectivity index (χ0v) is 11.2. The van der Waals surface area contributed by atoms with Crippen molar-refractivity contribution in [2.24, 2.45) is 0 Å². The van der Waals surface area contributed by atoms with Crippen molar-refractivity contribution in [2.75, 3.05) is 18.5 Å². The van der Waals surface area contributed by atoms with Gasteiger partial charge in [0.2, 0.25) is 0 Å². The van der Waals surface area contributed by atoms with E-state index < -0.39 is 0 Å². The monoisotopic (exact) mass is 270 g/mol. The number of amides is 1. The van der Waals surface area contributed by atoms with Gasteiger partial charge in [-0.15, -0.1) is 0 Å². The zero-order valence-electron chi connectivity index (χ0n) is 9.63. The van der Waals surface area contributed by atoms with Gasteiger partial charge in [-0.3, -0.25) is 4.79 Å². The van der Waals surface area contributed by atoms with Gasteiger partial charge >= 0.3 is 0 Å². The summed E-state index contributed by atoms with van der Waals surface area (Å²) in [5.41, 5.74) is 6.64. The molecule has 0 heterocycles. The fraction of sp³-hybridized carbons (Fsp3) is 0.417. The highest BCUT2D eigenvalue weighted by Gasteiger charge is 2.41. The normalized spacial score (nSPS) is 16.6. The fourth-order valence-corrected chi connectivity index (χ4v) is 2.51. The van der Waals surface area contributed by atoms with Gasteiger partial charge in [-0.05, 0) is 37.3 Å². The van der Waals surface area contributed by atoms with Crippen LogP contribution in [0.3, 0.4) is 0 Å². The predicted molar refractivity (Wildman–Crippen MR) is 73.7 cm³/mol. The van der Waals surface area contributed by atoms with Gasteiger partial charge in [0.05, 0.1) is 10.7 Å². The van der Waals surface area contributed by atoms with Crippen molar-refractivity contribution >= 4 is 35.0 Å². The molecule has 0 atom stereocenters. The number of hydrogen-bond donors (Lipinski definition) is 2.